The summed E-state index contributed by atoms with van der Waals surface area (Å²) in [7, 11) is -3.50. The second-order valence-corrected chi connectivity index (χ2v) is 8.07. The van der Waals surface area contributed by atoms with Crippen molar-refractivity contribution < 1.29 is 18.0 Å². The van der Waals surface area contributed by atoms with Crippen LogP contribution in [0.15, 0.2) is 48.5 Å². The first-order chi connectivity index (χ1) is 11.7. The van der Waals surface area contributed by atoms with Crippen LogP contribution in [0.3, 0.4) is 0 Å². The van der Waals surface area contributed by atoms with Crippen molar-refractivity contribution in [2.75, 3.05) is 10.0 Å². The Morgan fingerprint density at radius 3 is 2.32 bits per heavy atom. The summed E-state index contributed by atoms with van der Waals surface area (Å²) in [6.07, 6.45) is 0. The minimum absolute atomic E-state index is 0.158. The van der Waals surface area contributed by atoms with Crippen LogP contribution in [0.5, 0.6) is 0 Å². The molecule has 0 radical (unpaired) electrons. The van der Waals surface area contributed by atoms with Crippen molar-refractivity contribution in [1.29, 1.82) is 0 Å². The highest BCUT2D eigenvalue weighted by molar-refractivity contribution is 7.93. The molecule has 2 rings (SSSR count). The molecule has 0 saturated carbocycles. The molecule has 0 atom stereocenters. The summed E-state index contributed by atoms with van der Waals surface area (Å²) in [5, 5.41) is 2.09. The third-order valence-corrected chi connectivity index (χ3v) is 5.32. The summed E-state index contributed by atoms with van der Waals surface area (Å²) >= 11 is 0. The lowest BCUT2D eigenvalue weighted by atomic mass is 10.1. The Hall–Kier alpha value is -2.67. The van der Waals surface area contributed by atoms with Crippen LogP contribution >= 0.6 is 0 Å². The number of ketones is 1. The number of sulfonamides is 1. The second kappa shape index (κ2) is 7.48. The first kappa shape index (κ1) is 18.7. The SMILES string of the molecule is CC(=O)c1ccccc1NC(=O)c1cccc(NS(=O)(=O)C(C)C)c1. The van der Waals surface area contributed by atoms with Crippen LogP contribution in [0.2, 0.25) is 0 Å². The molecule has 7 heteroatoms. The maximum absolute atomic E-state index is 12.4. The Labute approximate surface area is 147 Å². The highest BCUT2D eigenvalue weighted by Crippen LogP contribution is 2.19. The molecular formula is C18H20N2O4S. The molecule has 2 aromatic carbocycles. The number of benzene rings is 2. The van der Waals surface area contributed by atoms with Gasteiger partial charge in [0, 0.05) is 16.8 Å². The van der Waals surface area contributed by atoms with Gasteiger partial charge in [0.25, 0.3) is 5.91 Å². The van der Waals surface area contributed by atoms with Crippen molar-refractivity contribution in [3.63, 3.8) is 0 Å². The molecule has 0 unspecified atom stereocenters. The molecule has 0 heterocycles. The van der Waals surface area contributed by atoms with Gasteiger partial charge in [0.05, 0.1) is 10.9 Å². The fourth-order valence-electron chi connectivity index (χ4n) is 2.10. The maximum Gasteiger partial charge on any atom is 0.255 e. The molecule has 25 heavy (non-hydrogen) atoms. The van der Waals surface area contributed by atoms with Crippen LogP contribution in [0.1, 0.15) is 41.5 Å². The quantitative estimate of drug-likeness (QED) is 0.773. The number of carbonyl (C=O) groups excluding carboxylic acids is 2. The van der Waals surface area contributed by atoms with E-state index in [-0.39, 0.29) is 11.3 Å². The first-order valence-corrected chi connectivity index (χ1v) is 9.28. The molecule has 0 aliphatic rings. The Morgan fingerprint density at radius 2 is 1.68 bits per heavy atom. The van der Waals surface area contributed by atoms with Crippen LogP contribution < -0.4 is 10.0 Å². The smallest absolute Gasteiger partial charge is 0.255 e. The van der Waals surface area contributed by atoms with Gasteiger partial charge in [-0.05, 0) is 51.1 Å². The standard InChI is InChI=1S/C18H20N2O4S/c1-12(2)25(23,24)20-15-8-6-7-14(11-15)18(22)19-17-10-5-4-9-16(17)13(3)21/h4-12,20H,1-3H3,(H,19,22). The van der Waals surface area contributed by atoms with Crippen molar-refractivity contribution in [3.05, 3.63) is 59.7 Å². The number of para-hydroxylation sites is 1. The third kappa shape index (κ3) is 4.67. The van der Waals surface area contributed by atoms with Gasteiger partial charge in [-0.2, -0.15) is 0 Å². The van der Waals surface area contributed by atoms with Crippen molar-refractivity contribution in [2.24, 2.45) is 0 Å². The lowest BCUT2D eigenvalue weighted by Crippen LogP contribution is -2.22. The third-order valence-electron chi connectivity index (χ3n) is 3.56. The Bertz CT molecular complexity index is 905. The fourth-order valence-corrected chi connectivity index (χ4v) is 2.79. The molecule has 2 aromatic rings. The summed E-state index contributed by atoms with van der Waals surface area (Å²) < 4.78 is 26.3. The average molecular weight is 360 g/mol. The van der Waals surface area contributed by atoms with Gasteiger partial charge in [-0.1, -0.05) is 18.2 Å². The van der Waals surface area contributed by atoms with Crippen molar-refractivity contribution >= 4 is 33.1 Å². The molecule has 0 aliphatic carbocycles. The summed E-state index contributed by atoms with van der Waals surface area (Å²) in [5.41, 5.74) is 1.41. The molecule has 0 spiro atoms. The zero-order valence-electron chi connectivity index (χ0n) is 14.2. The lowest BCUT2D eigenvalue weighted by molar-refractivity contribution is 0.101. The van der Waals surface area contributed by atoms with Gasteiger partial charge in [-0.3, -0.25) is 14.3 Å². The molecule has 0 saturated heterocycles. The lowest BCUT2D eigenvalue weighted by Gasteiger charge is -2.12. The molecule has 132 valence electrons. The van der Waals surface area contributed by atoms with E-state index in [1.807, 2.05) is 0 Å². The predicted molar refractivity (Wildman–Crippen MR) is 98.5 cm³/mol. The number of carbonyl (C=O) groups is 2. The van der Waals surface area contributed by atoms with Crippen molar-refractivity contribution in [1.82, 2.24) is 0 Å². The minimum atomic E-state index is -3.50. The van der Waals surface area contributed by atoms with E-state index in [0.717, 1.165) is 0 Å². The van der Waals surface area contributed by atoms with Crippen molar-refractivity contribution in [2.45, 2.75) is 26.0 Å². The minimum Gasteiger partial charge on any atom is -0.321 e. The molecule has 0 bridgehead atoms. The van der Waals surface area contributed by atoms with Crippen LogP contribution in [0.4, 0.5) is 11.4 Å². The van der Waals surface area contributed by atoms with Gasteiger partial charge in [0.2, 0.25) is 10.0 Å². The molecule has 6 nitrogen and oxygen atoms in total. The highest BCUT2D eigenvalue weighted by atomic mass is 32.2. The van der Waals surface area contributed by atoms with E-state index >= 15 is 0 Å². The van der Waals surface area contributed by atoms with Gasteiger partial charge in [0.1, 0.15) is 0 Å². The molecule has 0 aromatic heterocycles. The number of Topliss-reactive ketones (excluding diaryl/α,β-unsaturated/α-hetero) is 1. The van der Waals surface area contributed by atoms with E-state index in [0.29, 0.717) is 16.9 Å². The number of hydrogen-bond acceptors (Lipinski definition) is 4. The maximum atomic E-state index is 12.4. The molecule has 1 amide bonds. The van der Waals surface area contributed by atoms with Gasteiger partial charge >= 0.3 is 0 Å². The first-order valence-electron chi connectivity index (χ1n) is 7.73. The van der Waals surface area contributed by atoms with Crippen LogP contribution in [0.25, 0.3) is 0 Å². The normalized spacial score (nSPS) is 11.2. The van der Waals surface area contributed by atoms with E-state index in [2.05, 4.69) is 10.0 Å². The molecule has 0 fully saturated rings. The zero-order valence-corrected chi connectivity index (χ0v) is 15.1. The Kier molecular flexibility index (Phi) is 5.58. The molecular weight excluding hydrogens is 340 g/mol. The van der Waals surface area contributed by atoms with Gasteiger partial charge in [0.15, 0.2) is 5.78 Å². The van der Waals surface area contributed by atoms with Gasteiger partial charge < -0.3 is 5.32 Å². The topological polar surface area (TPSA) is 92.3 Å². The van der Waals surface area contributed by atoms with Crippen LogP contribution in [-0.2, 0) is 10.0 Å². The zero-order chi connectivity index (χ0) is 18.6. The Morgan fingerprint density at radius 1 is 1.00 bits per heavy atom. The highest BCUT2D eigenvalue weighted by Gasteiger charge is 2.17. The fraction of sp³-hybridized carbons (Fsp3) is 0.222. The van der Waals surface area contributed by atoms with E-state index in [4.69, 9.17) is 0 Å². The Balaban J connectivity index is 2.24. The van der Waals surface area contributed by atoms with E-state index < -0.39 is 21.2 Å². The number of anilines is 2. The van der Waals surface area contributed by atoms with Crippen LogP contribution in [0, 0.1) is 0 Å². The van der Waals surface area contributed by atoms with Gasteiger partial charge in [-0.15, -0.1) is 0 Å². The van der Waals surface area contributed by atoms with E-state index in [1.165, 1.54) is 13.0 Å². The van der Waals surface area contributed by atoms with E-state index in [1.54, 1.807) is 56.3 Å². The predicted octanol–water partition coefficient (Wildman–Crippen LogP) is 3.29. The largest absolute Gasteiger partial charge is 0.321 e. The number of rotatable bonds is 6. The monoisotopic (exact) mass is 360 g/mol. The van der Waals surface area contributed by atoms with Crippen LogP contribution in [-0.4, -0.2) is 25.4 Å². The average Bonchev–Trinajstić information content (AvgIpc) is 2.54. The number of amides is 1. The second-order valence-electron chi connectivity index (χ2n) is 5.83. The summed E-state index contributed by atoms with van der Waals surface area (Å²) in [6, 6.07) is 12.9. The summed E-state index contributed by atoms with van der Waals surface area (Å²) in [4.78, 5) is 24.1. The molecule has 2 N–H and O–H groups in total. The summed E-state index contributed by atoms with van der Waals surface area (Å²) in [5.74, 6) is -0.589. The number of nitrogens with one attached hydrogen (secondary N) is 2. The van der Waals surface area contributed by atoms with Crippen molar-refractivity contribution in [3.8, 4) is 0 Å². The summed E-state index contributed by atoms with van der Waals surface area (Å²) in [6.45, 7) is 4.56. The number of hydrogen-bond donors (Lipinski definition) is 2. The van der Waals surface area contributed by atoms with Gasteiger partial charge in [-0.25, -0.2) is 8.42 Å². The van der Waals surface area contributed by atoms with E-state index in [9.17, 15) is 18.0 Å². The molecule has 0 aliphatic heterocycles.